The predicted octanol–water partition coefficient (Wildman–Crippen LogP) is 2.70. The second-order valence-electron chi connectivity index (χ2n) is 3.19. The van der Waals surface area contributed by atoms with Crippen LogP contribution in [0.3, 0.4) is 0 Å². The van der Waals surface area contributed by atoms with Gasteiger partial charge in [0, 0.05) is 12.1 Å². The zero-order chi connectivity index (χ0) is 13.1. The molecule has 0 atom stereocenters. The van der Waals surface area contributed by atoms with E-state index in [9.17, 15) is 22.4 Å². The monoisotopic (exact) mass is 269 g/mol. The van der Waals surface area contributed by atoms with Crippen LogP contribution in [0.15, 0.2) is 18.2 Å². The first-order valence-corrected chi connectivity index (χ1v) is 5.07. The Labute approximate surface area is 99.6 Å². The van der Waals surface area contributed by atoms with Crippen LogP contribution >= 0.6 is 11.6 Å². The lowest BCUT2D eigenvalue weighted by Crippen LogP contribution is -2.24. The maximum Gasteiger partial charge on any atom is 0.419 e. The fraction of sp³-hybridized carbons (Fsp3) is 0.300. The van der Waals surface area contributed by atoms with Crippen LogP contribution in [0.2, 0.25) is 0 Å². The molecule has 7 heteroatoms. The molecular formula is C10H8ClF4NO. The SMILES string of the molecule is O=C(CCl)NCc1cccc(C(F)(F)F)c1F. The summed E-state index contributed by atoms with van der Waals surface area (Å²) in [6.07, 6.45) is -4.75. The van der Waals surface area contributed by atoms with Gasteiger partial charge in [-0.25, -0.2) is 4.39 Å². The lowest BCUT2D eigenvalue weighted by Gasteiger charge is -2.11. The third-order valence-electron chi connectivity index (χ3n) is 1.98. The summed E-state index contributed by atoms with van der Waals surface area (Å²) < 4.78 is 50.5. The molecule has 94 valence electrons. The molecule has 0 aliphatic heterocycles. The van der Waals surface area contributed by atoms with Crippen LogP contribution in [0, 0.1) is 5.82 Å². The van der Waals surface area contributed by atoms with Crippen LogP contribution in [-0.2, 0) is 17.5 Å². The molecule has 0 spiro atoms. The van der Waals surface area contributed by atoms with Gasteiger partial charge >= 0.3 is 6.18 Å². The van der Waals surface area contributed by atoms with Gasteiger partial charge in [-0.05, 0) is 6.07 Å². The minimum absolute atomic E-state index is 0.238. The van der Waals surface area contributed by atoms with E-state index in [4.69, 9.17) is 11.6 Å². The Bertz CT molecular complexity index is 419. The van der Waals surface area contributed by atoms with Crippen molar-refractivity contribution in [2.24, 2.45) is 0 Å². The van der Waals surface area contributed by atoms with Crippen LogP contribution in [0.1, 0.15) is 11.1 Å². The standard InChI is InChI=1S/C10H8ClF4NO/c11-4-8(17)16-5-6-2-1-3-7(9(6)12)10(13,14)15/h1-3H,4-5H2,(H,16,17). The molecule has 1 aromatic carbocycles. The van der Waals surface area contributed by atoms with Crippen LogP contribution in [0.4, 0.5) is 17.6 Å². The van der Waals surface area contributed by atoms with Crippen LogP contribution in [-0.4, -0.2) is 11.8 Å². The molecule has 0 saturated heterocycles. The zero-order valence-corrected chi connectivity index (χ0v) is 9.20. The highest BCUT2D eigenvalue weighted by molar-refractivity contribution is 6.27. The van der Waals surface area contributed by atoms with Gasteiger partial charge in [-0.15, -0.1) is 11.6 Å². The van der Waals surface area contributed by atoms with E-state index in [-0.39, 0.29) is 18.0 Å². The lowest BCUT2D eigenvalue weighted by molar-refractivity contribution is -0.140. The first-order chi connectivity index (χ1) is 7.86. The van der Waals surface area contributed by atoms with Crippen LogP contribution < -0.4 is 5.32 Å². The third kappa shape index (κ3) is 3.59. The van der Waals surface area contributed by atoms with Crippen molar-refractivity contribution in [1.29, 1.82) is 0 Å². The summed E-state index contributed by atoms with van der Waals surface area (Å²) in [4.78, 5) is 10.8. The Morgan fingerprint density at radius 1 is 1.35 bits per heavy atom. The molecule has 1 rings (SSSR count). The summed E-state index contributed by atoms with van der Waals surface area (Å²) in [6.45, 7) is -0.332. The number of amides is 1. The van der Waals surface area contributed by atoms with E-state index in [0.29, 0.717) is 6.07 Å². The summed E-state index contributed by atoms with van der Waals surface area (Å²) in [5, 5.41) is 2.19. The quantitative estimate of drug-likeness (QED) is 0.663. The minimum Gasteiger partial charge on any atom is -0.351 e. The molecule has 1 N–H and O–H groups in total. The number of hydrogen-bond acceptors (Lipinski definition) is 1. The van der Waals surface area contributed by atoms with Crippen molar-refractivity contribution in [3.05, 3.63) is 35.1 Å². The second-order valence-corrected chi connectivity index (χ2v) is 3.45. The Hall–Kier alpha value is -1.30. The van der Waals surface area contributed by atoms with Gasteiger partial charge in [0.25, 0.3) is 0 Å². The largest absolute Gasteiger partial charge is 0.419 e. The predicted molar refractivity (Wildman–Crippen MR) is 54.0 cm³/mol. The molecule has 0 unspecified atom stereocenters. The van der Waals surface area contributed by atoms with Crippen molar-refractivity contribution in [3.8, 4) is 0 Å². The maximum absolute atomic E-state index is 13.4. The van der Waals surface area contributed by atoms with Crippen molar-refractivity contribution in [2.45, 2.75) is 12.7 Å². The minimum atomic E-state index is -4.75. The van der Waals surface area contributed by atoms with Crippen LogP contribution in [0.5, 0.6) is 0 Å². The summed E-state index contributed by atoms with van der Waals surface area (Å²) in [5.74, 6) is -2.29. The average Bonchev–Trinajstić information content (AvgIpc) is 2.25. The topological polar surface area (TPSA) is 29.1 Å². The molecule has 1 aromatic rings. The number of halogens is 5. The van der Waals surface area contributed by atoms with E-state index >= 15 is 0 Å². The molecular weight excluding hydrogens is 262 g/mol. The van der Waals surface area contributed by atoms with Crippen molar-refractivity contribution in [1.82, 2.24) is 5.32 Å². The molecule has 17 heavy (non-hydrogen) atoms. The van der Waals surface area contributed by atoms with Gasteiger partial charge in [-0.2, -0.15) is 13.2 Å². The van der Waals surface area contributed by atoms with Crippen molar-refractivity contribution in [3.63, 3.8) is 0 Å². The molecule has 0 saturated carbocycles. The van der Waals surface area contributed by atoms with Crippen molar-refractivity contribution < 1.29 is 22.4 Å². The molecule has 0 bridgehead atoms. The van der Waals surface area contributed by atoms with E-state index < -0.39 is 23.5 Å². The van der Waals surface area contributed by atoms with Gasteiger partial charge in [0.15, 0.2) is 0 Å². The second kappa shape index (κ2) is 5.35. The Kier molecular flexibility index (Phi) is 4.34. The summed E-state index contributed by atoms with van der Waals surface area (Å²) in [6, 6.07) is 2.88. The van der Waals surface area contributed by atoms with Crippen LogP contribution in [0.25, 0.3) is 0 Å². The Morgan fingerprint density at radius 3 is 2.53 bits per heavy atom. The number of benzene rings is 1. The van der Waals surface area contributed by atoms with Gasteiger partial charge in [0.05, 0.1) is 5.56 Å². The van der Waals surface area contributed by atoms with E-state index in [1.165, 1.54) is 6.07 Å². The smallest absolute Gasteiger partial charge is 0.351 e. The molecule has 1 amide bonds. The van der Waals surface area contributed by atoms with E-state index in [2.05, 4.69) is 5.32 Å². The highest BCUT2D eigenvalue weighted by Crippen LogP contribution is 2.32. The molecule has 2 nitrogen and oxygen atoms in total. The average molecular weight is 270 g/mol. The van der Waals surface area contributed by atoms with Gasteiger partial charge < -0.3 is 5.32 Å². The van der Waals surface area contributed by atoms with Crippen molar-refractivity contribution >= 4 is 17.5 Å². The fourth-order valence-electron chi connectivity index (χ4n) is 1.18. The van der Waals surface area contributed by atoms with Gasteiger partial charge in [-0.1, -0.05) is 12.1 Å². The molecule has 0 aliphatic carbocycles. The summed E-state index contributed by atoms with van der Waals surface area (Å²) in [7, 11) is 0. The maximum atomic E-state index is 13.4. The lowest BCUT2D eigenvalue weighted by atomic mass is 10.1. The van der Waals surface area contributed by atoms with Gasteiger partial charge in [0.1, 0.15) is 11.7 Å². The number of rotatable bonds is 3. The Balaban J connectivity index is 2.91. The first kappa shape index (κ1) is 13.8. The Morgan fingerprint density at radius 2 is 2.00 bits per heavy atom. The number of hydrogen-bond donors (Lipinski definition) is 1. The fourth-order valence-corrected chi connectivity index (χ4v) is 1.27. The van der Waals surface area contributed by atoms with E-state index in [1.54, 1.807) is 0 Å². The number of carbonyl (C=O) groups excluding carboxylic acids is 1. The molecule has 0 radical (unpaired) electrons. The highest BCUT2D eigenvalue weighted by atomic mass is 35.5. The summed E-state index contributed by atoms with van der Waals surface area (Å²) in [5.41, 5.74) is -1.59. The molecule has 0 heterocycles. The van der Waals surface area contributed by atoms with E-state index in [0.717, 1.165) is 6.07 Å². The number of alkyl halides is 4. The first-order valence-electron chi connectivity index (χ1n) is 4.53. The van der Waals surface area contributed by atoms with Crippen molar-refractivity contribution in [2.75, 3.05) is 5.88 Å². The summed E-state index contributed by atoms with van der Waals surface area (Å²) >= 11 is 5.18. The zero-order valence-electron chi connectivity index (χ0n) is 8.44. The molecule has 0 aliphatic rings. The third-order valence-corrected chi connectivity index (χ3v) is 2.22. The van der Waals surface area contributed by atoms with E-state index in [1.807, 2.05) is 0 Å². The van der Waals surface area contributed by atoms with Gasteiger partial charge in [-0.3, -0.25) is 4.79 Å². The number of nitrogens with one attached hydrogen (secondary N) is 1. The highest BCUT2D eigenvalue weighted by Gasteiger charge is 2.34. The molecule has 0 fully saturated rings. The molecule has 0 aromatic heterocycles. The van der Waals surface area contributed by atoms with Gasteiger partial charge in [0.2, 0.25) is 5.91 Å². The number of carbonyl (C=O) groups is 1. The normalized spacial score (nSPS) is 11.4.